The topological polar surface area (TPSA) is 52.3 Å². The van der Waals surface area contributed by atoms with Crippen molar-refractivity contribution >= 4 is 18.6 Å². The molecule has 0 amide bonds. The van der Waals surface area contributed by atoms with Crippen LogP contribution in [0, 0.1) is 5.92 Å². The van der Waals surface area contributed by atoms with Crippen molar-refractivity contribution in [2.45, 2.75) is 51.2 Å². The lowest BCUT2D eigenvalue weighted by Gasteiger charge is -2.31. The van der Waals surface area contributed by atoms with E-state index in [1.807, 2.05) is 0 Å². The molecule has 0 aliphatic heterocycles. The summed E-state index contributed by atoms with van der Waals surface area (Å²) < 4.78 is 5.43. The molecule has 0 heterocycles. The summed E-state index contributed by atoms with van der Waals surface area (Å²) in [7, 11) is 0. The van der Waals surface area contributed by atoms with Crippen LogP contribution in [0.25, 0.3) is 0 Å². The van der Waals surface area contributed by atoms with E-state index in [1.54, 1.807) is 0 Å². The molecule has 1 aliphatic rings. The van der Waals surface area contributed by atoms with Gasteiger partial charge >= 0.3 is 5.97 Å². The Morgan fingerprint density at radius 3 is 2.80 bits per heavy atom. The second-order valence-corrected chi connectivity index (χ2v) is 4.58. The first-order chi connectivity index (χ1) is 7.19. The number of hydrogen-bond acceptors (Lipinski definition) is 4. The second-order valence-electron chi connectivity index (χ2n) is 4.22. The van der Waals surface area contributed by atoms with E-state index in [9.17, 15) is 4.79 Å². The molecule has 3 atom stereocenters. The van der Waals surface area contributed by atoms with Crippen molar-refractivity contribution in [3.8, 4) is 0 Å². The Kier molecular flexibility index (Phi) is 5.47. The molecule has 1 saturated carbocycles. The highest BCUT2D eigenvalue weighted by atomic mass is 32.1. The first-order valence-corrected chi connectivity index (χ1v) is 6.39. The van der Waals surface area contributed by atoms with Gasteiger partial charge in [-0.3, -0.25) is 4.79 Å². The Morgan fingerprint density at radius 2 is 2.20 bits per heavy atom. The Labute approximate surface area is 97.2 Å². The quantitative estimate of drug-likeness (QED) is 0.572. The zero-order valence-corrected chi connectivity index (χ0v) is 10.2. The van der Waals surface area contributed by atoms with E-state index < -0.39 is 6.04 Å². The van der Waals surface area contributed by atoms with Gasteiger partial charge in [0.2, 0.25) is 0 Å². The lowest BCUT2D eigenvalue weighted by molar-refractivity contribution is -0.154. The van der Waals surface area contributed by atoms with Crippen molar-refractivity contribution in [2.75, 3.05) is 5.75 Å². The molecular formula is C11H21NO2S. The van der Waals surface area contributed by atoms with E-state index in [4.69, 9.17) is 10.5 Å². The molecule has 0 aromatic heterocycles. The molecule has 2 unspecified atom stereocenters. The lowest BCUT2D eigenvalue weighted by atomic mass is 9.85. The smallest absolute Gasteiger partial charge is 0.324 e. The van der Waals surface area contributed by atoms with Gasteiger partial charge < -0.3 is 10.5 Å². The SMILES string of the molecule is CCC1CCCCC1OC(=O)[C@@H](N)CS. The van der Waals surface area contributed by atoms with Crippen LogP contribution in [0.4, 0.5) is 0 Å². The van der Waals surface area contributed by atoms with Gasteiger partial charge in [0.05, 0.1) is 0 Å². The van der Waals surface area contributed by atoms with Gasteiger partial charge in [0.15, 0.2) is 0 Å². The van der Waals surface area contributed by atoms with Gasteiger partial charge in [-0.15, -0.1) is 0 Å². The largest absolute Gasteiger partial charge is 0.461 e. The van der Waals surface area contributed by atoms with Gasteiger partial charge in [-0.05, 0) is 31.6 Å². The molecule has 3 nitrogen and oxygen atoms in total. The van der Waals surface area contributed by atoms with Gasteiger partial charge in [0.1, 0.15) is 12.1 Å². The summed E-state index contributed by atoms with van der Waals surface area (Å²) in [6.45, 7) is 2.15. The maximum atomic E-state index is 11.5. The van der Waals surface area contributed by atoms with Gasteiger partial charge in [-0.1, -0.05) is 13.3 Å². The summed E-state index contributed by atoms with van der Waals surface area (Å²) in [6.07, 6.45) is 5.74. The first-order valence-electron chi connectivity index (χ1n) is 5.76. The fourth-order valence-electron chi connectivity index (χ4n) is 2.11. The van der Waals surface area contributed by atoms with Crippen LogP contribution in [-0.2, 0) is 9.53 Å². The Hall–Kier alpha value is -0.220. The van der Waals surface area contributed by atoms with Crippen LogP contribution < -0.4 is 5.73 Å². The van der Waals surface area contributed by atoms with Crippen molar-refractivity contribution in [3.63, 3.8) is 0 Å². The predicted molar refractivity (Wildman–Crippen MR) is 64.0 cm³/mol. The standard InChI is InChI=1S/C11H21NO2S/c1-2-8-5-3-4-6-10(8)14-11(13)9(12)7-15/h8-10,15H,2-7,12H2,1H3/t8?,9-,10?/m0/s1. The van der Waals surface area contributed by atoms with Crippen LogP contribution in [0.1, 0.15) is 39.0 Å². The van der Waals surface area contributed by atoms with E-state index >= 15 is 0 Å². The fraction of sp³-hybridized carbons (Fsp3) is 0.909. The fourth-order valence-corrected chi connectivity index (χ4v) is 2.26. The molecule has 1 fully saturated rings. The molecule has 0 spiro atoms. The van der Waals surface area contributed by atoms with Crippen LogP contribution in [0.15, 0.2) is 0 Å². The number of esters is 1. The van der Waals surface area contributed by atoms with Gasteiger partial charge in [-0.2, -0.15) is 12.6 Å². The van der Waals surface area contributed by atoms with E-state index in [-0.39, 0.29) is 12.1 Å². The van der Waals surface area contributed by atoms with Gasteiger partial charge in [0, 0.05) is 5.75 Å². The molecule has 88 valence electrons. The molecular weight excluding hydrogens is 210 g/mol. The Morgan fingerprint density at radius 1 is 1.53 bits per heavy atom. The molecule has 1 aliphatic carbocycles. The van der Waals surface area contributed by atoms with E-state index in [1.165, 1.54) is 12.8 Å². The maximum Gasteiger partial charge on any atom is 0.324 e. The highest BCUT2D eigenvalue weighted by Gasteiger charge is 2.28. The van der Waals surface area contributed by atoms with Crippen molar-refractivity contribution in [1.29, 1.82) is 0 Å². The summed E-state index contributed by atoms with van der Waals surface area (Å²) in [5.41, 5.74) is 5.57. The average molecular weight is 231 g/mol. The summed E-state index contributed by atoms with van der Waals surface area (Å²) in [5.74, 6) is 0.577. The summed E-state index contributed by atoms with van der Waals surface area (Å²) in [6, 6.07) is -0.576. The highest BCUT2D eigenvalue weighted by molar-refractivity contribution is 7.80. The molecule has 0 saturated heterocycles. The first kappa shape index (κ1) is 12.8. The number of carbonyl (C=O) groups is 1. The summed E-state index contributed by atoms with van der Waals surface area (Å²) in [4.78, 5) is 11.5. The van der Waals surface area contributed by atoms with E-state index in [0.29, 0.717) is 11.7 Å². The molecule has 0 radical (unpaired) electrons. The maximum absolute atomic E-state index is 11.5. The van der Waals surface area contributed by atoms with Crippen molar-refractivity contribution in [2.24, 2.45) is 11.7 Å². The number of ether oxygens (including phenoxy) is 1. The zero-order chi connectivity index (χ0) is 11.3. The van der Waals surface area contributed by atoms with E-state index in [2.05, 4.69) is 19.6 Å². The second kappa shape index (κ2) is 6.38. The van der Waals surface area contributed by atoms with Crippen LogP contribution in [0.2, 0.25) is 0 Å². The summed E-state index contributed by atoms with van der Waals surface area (Å²) >= 11 is 3.99. The third-order valence-corrected chi connectivity index (χ3v) is 3.52. The predicted octanol–water partition coefficient (Wildman–Crippen LogP) is 1.76. The van der Waals surface area contributed by atoms with Crippen LogP contribution in [0.5, 0.6) is 0 Å². The van der Waals surface area contributed by atoms with Crippen LogP contribution in [-0.4, -0.2) is 23.9 Å². The minimum absolute atomic E-state index is 0.0854. The Bertz CT molecular complexity index is 211. The summed E-state index contributed by atoms with van der Waals surface area (Å²) in [5, 5.41) is 0. The molecule has 4 heteroatoms. The normalized spacial score (nSPS) is 28.5. The lowest BCUT2D eigenvalue weighted by Crippen LogP contribution is -2.39. The number of nitrogens with two attached hydrogens (primary N) is 1. The van der Waals surface area contributed by atoms with Crippen LogP contribution >= 0.6 is 12.6 Å². The number of hydrogen-bond donors (Lipinski definition) is 2. The highest BCUT2D eigenvalue weighted by Crippen LogP contribution is 2.29. The number of carbonyl (C=O) groups excluding carboxylic acids is 1. The number of rotatable bonds is 4. The van der Waals surface area contributed by atoms with Crippen molar-refractivity contribution in [1.82, 2.24) is 0 Å². The number of thiol groups is 1. The third kappa shape index (κ3) is 3.68. The minimum atomic E-state index is -0.576. The Balaban J connectivity index is 2.44. The molecule has 0 aromatic rings. The van der Waals surface area contributed by atoms with Gasteiger partial charge in [0.25, 0.3) is 0 Å². The molecule has 0 bridgehead atoms. The molecule has 0 aromatic carbocycles. The van der Waals surface area contributed by atoms with Crippen LogP contribution in [0.3, 0.4) is 0 Å². The average Bonchev–Trinajstić information content (AvgIpc) is 2.28. The van der Waals surface area contributed by atoms with E-state index in [0.717, 1.165) is 19.3 Å². The van der Waals surface area contributed by atoms with Crippen molar-refractivity contribution < 1.29 is 9.53 Å². The monoisotopic (exact) mass is 231 g/mol. The third-order valence-electron chi connectivity index (χ3n) is 3.13. The molecule has 2 N–H and O–H groups in total. The molecule has 15 heavy (non-hydrogen) atoms. The zero-order valence-electron chi connectivity index (χ0n) is 9.32. The van der Waals surface area contributed by atoms with Gasteiger partial charge in [-0.25, -0.2) is 0 Å². The molecule has 1 rings (SSSR count). The van der Waals surface area contributed by atoms with Crippen molar-refractivity contribution in [3.05, 3.63) is 0 Å². The minimum Gasteiger partial charge on any atom is -0.461 e.